The molecule has 1 aromatic rings. The molecule has 1 amide bonds. The molecule has 1 unspecified atom stereocenters. The summed E-state index contributed by atoms with van der Waals surface area (Å²) in [5, 5.41) is 3.69. The molecule has 0 aromatic heterocycles. The van der Waals surface area contributed by atoms with E-state index in [1.807, 2.05) is 0 Å². The first-order chi connectivity index (χ1) is 9.04. The highest BCUT2D eigenvalue weighted by atomic mass is 35.5. The molecule has 0 fully saturated rings. The molecular weight excluding hydrogens is 287 g/mol. The van der Waals surface area contributed by atoms with Gasteiger partial charge in [-0.15, -0.1) is 0 Å². The minimum absolute atomic E-state index is 0.178. The molecule has 0 aliphatic carbocycles. The summed E-state index contributed by atoms with van der Waals surface area (Å²) < 4.78 is 5.49. The van der Waals surface area contributed by atoms with Crippen molar-refractivity contribution in [2.24, 2.45) is 5.73 Å². The number of rotatable bonds is 7. The molecule has 0 aliphatic rings. The van der Waals surface area contributed by atoms with E-state index in [1.54, 1.807) is 25.1 Å². The highest BCUT2D eigenvalue weighted by Gasteiger charge is 2.15. The van der Waals surface area contributed by atoms with Crippen LogP contribution in [0.15, 0.2) is 18.2 Å². The minimum Gasteiger partial charge on any atom is -0.479 e. The predicted octanol–water partition coefficient (Wildman–Crippen LogP) is 2.62. The number of unbranched alkanes of at least 4 members (excludes halogenated alkanes) is 1. The van der Waals surface area contributed by atoms with Crippen LogP contribution < -0.4 is 15.8 Å². The Morgan fingerprint density at radius 3 is 2.79 bits per heavy atom. The summed E-state index contributed by atoms with van der Waals surface area (Å²) in [6.45, 7) is 2.89. The first-order valence-corrected chi connectivity index (χ1v) is 6.89. The lowest BCUT2D eigenvalue weighted by Crippen LogP contribution is -2.37. The summed E-state index contributed by atoms with van der Waals surface area (Å²) in [4.78, 5) is 11.8. The number of ether oxygens (including phenoxy) is 1. The Bertz CT molecular complexity index is 427. The number of carbonyl (C=O) groups excluding carboxylic acids is 1. The summed E-state index contributed by atoms with van der Waals surface area (Å²) in [6, 6.07) is 4.88. The van der Waals surface area contributed by atoms with Gasteiger partial charge in [0.1, 0.15) is 5.75 Å². The summed E-state index contributed by atoms with van der Waals surface area (Å²) >= 11 is 11.8. The molecule has 0 heterocycles. The lowest BCUT2D eigenvalue weighted by molar-refractivity contribution is -0.127. The SMILES string of the molecule is CC(Oc1ccc(Cl)cc1Cl)C(=O)NCCCCN. The van der Waals surface area contributed by atoms with E-state index < -0.39 is 6.10 Å². The lowest BCUT2D eigenvalue weighted by atomic mass is 10.3. The second-order valence-corrected chi connectivity index (χ2v) is 4.97. The average Bonchev–Trinajstić information content (AvgIpc) is 2.37. The third-order valence-corrected chi connectivity index (χ3v) is 3.03. The van der Waals surface area contributed by atoms with Gasteiger partial charge in [-0.2, -0.15) is 0 Å². The topological polar surface area (TPSA) is 64.3 Å². The van der Waals surface area contributed by atoms with Crippen LogP contribution in [-0.2, 0) is 4.79 Å². The zero-order valence-corrected chi connectivity index (χ0v) is 12.3. The van der Waals surface area contributed by atoms with Crippen molar-refractivity contribution in [1.29, 1.82) is 0 Å². The molecule has 0 radical (unpaired) electrons. The fraction of sp³-hybridized carbons (Fsp3) is 0.462. The van der Waals surface area contributed by atoms with Crippen molar-refractivity contribution < 1.29 is 9.53 Å². The van der Waals surface area contributed by atoms with Crippen LogP contribution >= 0.6 is 23.2 Å². The summed E-state index contributed by atoms with van der Waals surface area (Å²) in [7, 11) is 0. The number of hydrogen-bond acceptors (Lipinski definition) is 3. The smallest absolute Gasteiger partial charge is 0.260 e. The van der Waals surface area contributed by atoms with E-state index in [0.29, 0.717) is 28.9 Å². The predicted molar refractivity (Wildman–Crippen MR) is 77.9 cm³/mol. The van der Waals surface area contributed by atoms with E-state index in [2.05, 4.69) is 5.32 Å². The molecule has 0 spiro atoms. The van der Waals surface area contributed by atoms with Crippen molar-refractivity contribution in [3.63, 3.8) is 0 Å². The third kappa shape index (κ3) is 5.68. The first-order valence-electron chi connectivity index (χ1n) is 6.14. The molecule has 0 bridgehead atoms. The monoisotopic (exact) mass is 304 g/mol. The Balaban J connectivity index is 2.45. The first kappa shape index (κ1) is 16.1. The zero-order valence-electron chi connectivity index (χ0n) is 10.8. The number of nitrogens with two attached hydrogens (primary N) is 1. The van der Waals surface area contributed by atoms with E-state index in [1.165, 1.54) is 0 Å². The van der Waals surface area contributed by atoms with Gasteiger partial charge in [0.05, 0.1) is 5.02 Å². The molecule has 4 nitrogen and oxygen atoms in total. The Hall–Kier alpha value is -0.970. The number of nitrogens with one attached hydrogen (secondary N) is 1. The standard InChI is InChI=1S/C13H18Cl2N2O2/c1-9(13(18)17-7-3-2-6-16)19-12-5-4-10(14)8-11(12)15/h4-5,8-9H,2-3,6-7,16H2,1H3,(H,17,18). The second-order valence-electron chi connectivity index (χ2n) is 4.12. The van der Waals surface area contributed by atoms with Gasteiger partial charge in [0.15, 0.2) is 6.10 Å². The molecule has 0 saturated heterocycles. The lowest BCUT2D eigenvalue weighted by Gasteiger charge is -2.15. The van der Waals surface area contributed by atoms with Crippen molar-refractivity contribution >= 4 is 29.1 Å². The molecule has 3 N–H and O–H groups in total. The van der Waals surface area contributed by atoms with E-state index in [9.17, 15) is 4.79 Å². The molecule has 1 rings (SSSR count). The average molecular weight is 305 g/mol. The van der Waals surface area contributed by atoms with Crippen molar-refractivity contribution in [2.45, 2.75) is 25.9 Å². The zero-order chi connectivity index (χ0) is 14.3. The molecular formula is C13H18Cl2N2O2. The second kappa shape index (κ2) is 8.25. The summed E-state index contributed by atoms with van der Waals surface area (Å²) in [6.07, 6.45) is 1.13. The van der Waals surface area contributed by atoms with Crippen LogP contribution in [0.1, 0.15) is 19.8 Å². The van der Waals surface area contributed by atoms with Crippen LogP contribution in [0.4, 0.5) is 0 Å². The summed E-state index contributed by atoms with van der Waals surface area (Å²) in [5.41, 5.74) is 5.37. The van der Waals surface area contributed by atoms with Gasteiger partial charge in [-0.05, 0) is 44.5 Å². The quantitative estimate of drug-likeness (QED) is 0.761. The number of carbonyl (C=O) groups is 1. The maximum atomic E-state index is 11.8. The van der Waals surface area contributed by atoms with Crippen LogP contribution in [0.3, 0.4) is 0 Å². The van der Waals surface area contributed by atoms with Gasteiger partial charge < -0.3 is 15.8 Å². The van der Waals surface area contributed by atoms with Crippen molar-refractivity contribution in [3.05, 3.63) is 28.2 Å². The van der Waals surface area contributed by atoms with Gasteiger partial charge in [0, 0.05) is 11.6 Å². The third-order valence-electron chi connectivity index (χ3n) is 2.50. The maximum absolute atomic E-state index is 11.8. The fourth-order valence-corrected chi connectivity index (χ4v) is 1.89. The van der Waals surface area contributed by atoms with E-state index >= 15 is 0 Å². The fourth-order valence-electron chi connectivity index (χ4n) is 1.44. The van der Waals surface area contributed by atoms with Crippen molar-refractivity contribution in [3.8, 4) is 5.75 Å². The highest BCUT2D eigenvalue weighted by Crippen LogP contribution is 2.28. The van der Waals surface area contributed by atoms with Gasteiger partial charge in [0.25, 0.3) is 5.91 Å². The van der Waals surface area contributed by atoms with Crippen LogP contribution in [0.25, 0.3) is 0 Å². The van der Waals surface area contributed by atoms with Gasteiger partial charge in [-0.25, -0.2) is 0 Å². The molecule has 1 atom stereocenters. The number of benzene rings is 1. The summed E-state index contributed by atoms with van der Waals surface area (Å²) in [5.74, 6) is 0.263. The normalized spacial score (nSPS) is 12.0. The minimum atomic E-state index is -0.614. The Labute approximate surface area is 123 Å². The van der Waals surface area contributed by atoms with Gasteiger partial charge in [-0.1, -0.05) is 23.2 Å². The molecule has 1 aromatic carbocycles. The van der Waals surface area contributed by atoms with E-state index in [0.717, 1.165) is 12.8 Å². The number of hydrogen-bond donors (Lipinski definition) is 2. The van der Waals surface area contributed by atoms with Crippen LogP contribution in [0.2, 0.25) is 10.0 Å². The number of halogens is 2. The molecule has 6 heteroatoms. The van der Waals surface area contributed by atoms with E-state index in [-0.39, 0.29) is 5.91 Å². The van der Waals surface area contributed by atoms with Crippen LogP contribution in [-0.4, -0.2) is 25.1 Å². The van der Waals surface area contributed by atoms with Crippen molar-refractivity contribution in [1.82, 2.24) is 5.32 Å². The highest BCUT2D eigenvalue weighted by molar-refractivity contribution is 6.35. The maximum Gasteiger partial charge on any atom is 0.260 e. The molecule has 19 heavy (non-hydrogen) atoms. The Morgan fingerprint density at radius 1 is 1.42 bits per heavy atom. The molecule has 106 valence electrons. The van der Waals surface area contributed by atoms with Gasteiger partial charge >= 0.3 is 0 Å². The van der Waals surface area contributed by atoms with E-state index in [4.69, 9.17) is 33.7 Å². The van der Waals surface area contributed by atoms with Gasteiger partial charge in [-0.3, -0.25) is 4.79 Å². The Kier molecular flexibility index (Phi) is 6.99. The van der Waals surface area contributed by atoms with Crippen molar-refractivity contribution in [2.75, 3.05) is 13.1 Å². The van der Waals surface area contributed by atoms with Gasteiger partial charge in [0.2, 0.25) is 0 Å². The molecule has 0 saturated carbocycles. The number of amides is 1. The Morgan fingerprint density at radius 2 is 2.16 bits per heavy atom. The largest absolute Gasteiger partial charge is 0.479 e. The van der Waals surface area contributed by atoms with Crippen LogP contribution in [0, 0.1) is 0 Å². The van der Waals surface area contributed by atoms with Crippen LogP contribution in [0.5, 0.6) is 5.75 Å². The molecule has 0 aliphatic heterocycles.